The van der Waals surface area contributed by atoms with Gasteiger partial charge in [0.05, 0.1) is 0 Å². The average molecular weight is 417 g/mol. The van der Waals surface area contributed by atoms with Crippen LogP contribution in [0.2, 0.25) is 0 Å². The second kappa shape index (κ2) is 11.5. The number of rotatable bonds is 7. The lowest BCUT2D eigenvalue weighted by molar-refractivity contribution is 0.570. The van der Waals surface area contributed by atoms with Gasteiger partial charge in [-0.25, -0.2) is 0 Å². The third-order valence-corrected chi connectivity index (χ3v) is 3.76. The van der Waals surface area contributed by atoms with Crippen molar-refractivity contribution in [2.75, 3.05) is 20.1 Å². The zero-order valence-electron chi connectivity index (χ0n) is 13.4. The van der Waals surface area contributed by atoms with Gasteiger partial charge in [0, 0.05) is 39.1 Å². The summed E-state index contributed by atoms with van der Waals surface area (Å²) in [6, 6.07) is 1.95. The molecule has 5 nitrogen and oxygen atoms in total. The molecule has 0 spiro atoms. The van der Waals surface area contributed by atoms with Gasteiger partial charge in [0.1, 0.15) is 0 Å². The Kier molecular flexibility index (Phi) is 9.94. The molecule has 2 N–H and O–H groups in total. The Bertz CT molecular complexity index is 453. The minimum absolute atomic E-state index is 0. The van der Waals surface area contributed by atoms with Crippen molar-refractivity contribution in [3.8, 4) is 0 Å². The molecule has 0 saturated heterocycles. The summed E-state index contributed by atoms with van der Waals surface area (Å²) in [6.45, 7) is 2.80. The van der Waals surface area contributed by atoms with E-state index in [-0.39, 0.29) is 24.0 Å². The molecular weight excluding hydrogens is 389 g/mol. The van der Waals surface area contributed by atoms with E-state index in [2.05, 4.69) is 26.8 Å². The third-order valence-electron chi connectivity index (χ3n) is 3.76. The van der Waals surface area contributed by atoms with E-state index in [9.17, 15) is 0 Å². The summed E-state index contributed by atoms with van der Waals surface area (Å²) in [6.07, 6.45) is 13.6. The van der Waals surface area contributed by atoms with Gasteiger partial charge in [0.15, 0.2) is 5.96 Å². The molecule has 0 unspecified atom stereocenters. The lowest BCUT2D eigenvalue weighted by Crippen LogP contribution is -2.38. The van der Waals surface area contributed by atoms with Gasteiger partial charge in [-0.3, -0.25) is 9.67 Å². The van der Waals surface area contributed by atoms with Crippen LogP contribution in [0, 0.1) is 0 Å². The maximum atomic E-state index is 4.26. The second-order valence-corrected chi connectivity index (χ2v) is 5.41. The predicted octanol–water partition coefficient (Wildman–Crippen LogP) is 2.95. The van der Waals surface area contributed by atoms with Gasteiger partial charge in [0.2, 0.25) is 0 Å². The molecule has 2 rings (SSSR count). The van der Waals surface area contributed by atoms with E-state index in [1.54, 1.807) is 5.57 Å². The number of allylic oxidation sites excluding steroid dienone is 1. The monoisotopic (exact) mass is 417 g/mol. The van der Waals surface area contributed by atoms with Crippen molar-refractivity contribution < 1.29 is 0 Å². The number of guanidine groups is 1. The van der Waals surface area contributed by atoms with Crippen LogP contribution in [0.5, 0.6) is 0 Å². The Labute approximate surface area is 150 Å². The van der Waals surface area contributed by atoms with Gasteiger partial charge in [-0.05, 0) is 44.6 Å². The van der Waals surface area contributed by atoms with E-state index in [1.165, 1.54) is 25.7 Å². The zero-order valence-corrected chi connectivity index (χ0v) is 15.8. The lowest BCUT2D eigenvalue weighted by Gasteiger charge is -2.15. The van der Waals surface area contributed by atoms with Crippen molar-refractivity contribution in [3.63, 3.8) is 0 Å². The number of hydrogen-bond donors (Lipinski definition) is 2. The second-order valence-electron chi connectivity index (χ2n) is 5.41. The summed E-state index contributed by atoms with van der Waals surface area (Å²) < 4.78 is 1.95. The van der Waals surface area contributed by atoms with E-state index in [4.69, 9.17) is 0 Å². The number of aliphatic imine (C=N–C) groups is 1. The quantitative estimate of drug-likeness (QED) is 0.236. The fraction of sp³-hybridized carbons (Fsp3) is 0.625. The smallest absolute Gasteiger partial charge is 0.190 e. The maximum Gasteiger partial charge on any atom is 0.190 e. The van der Waals surface area contributed by atoms with Crippen LogP contribution in [0.4, 0.5) is 0 Å². The van der Waals surface area contributed by atoms with Gasteiger partial charge in [-0.1, -0.05) is 11.6 Å². The van der Waals surface area contributed by atoms with Crippen LogP contribution >= 0.6 is 24.0 Å². The Balaban J connectivity index is 0.00000242. The number of hydrogen-bond acceptors (Lipinski definition) is 2. The summed E-state index contributed by atoms with van der Waals surface area (Å²) in [4.78, 5) is 4.26. The number of nitrogens with one attached hydrogen (secondary N) is 2. The molecule has 0 atom stereocenters. The van der Waals surface area contributed by atoms with Crippen LogP contribution in [0.3, 0.4) is 0 Å². The van der Waals surface area contributed by atoms with E-state index in [0.29, 0.717) is 0 Å². The highest BCUT2D eigenvalue weighted by Gasteiger charge is 2.04. The average Bonchev–Trinajstić information content (AvgIpc) is 3.04. The fourth-order valence-corrected chi connectivity index (χ4v) is 2.57. The summed E-state index contributed by atoms with van der Waals surface area (Å²) in [5, 5.41) is 10.9. The number of halogens is 1. The minimum Gasteiger partial charge on any atom is -0.356 e. The van der Waals surface area contributed by atoms with Crippen molar-refractivity contribution in [3.05, 3.63) is 30.1 Å². The maximum absolute atomic E-state index is 4.26. The molecule has 0 saturated carbocycles. The van der Waals surface area contributed by atoms with Crippen molar-refractivity contribution in [2.45, 2.75) is 45.1 Å². The van der Waals surface area contributed by atoms with Crippen molar-refractivity contribution in [1.82, 2.24) is 20.4 Å². The summed E-state index contributed by atoms with van der Waals surface area (Å²) in [5.41, 5.74) is 1.60. The molecule has 0 aliphatic heterocycles. The molecular formula is C16H28IN5. The van der Waals surface area contributed by atoms with Gasteiger partial charge in [-0.2, -0.15) is 5.10 Å². The van der Waals surface area contributed by atoms with E-state index >= 15 is 0 Å². The van der Waals surface area contributed by atoms with E-state index in [0.717, 1.165) is 38.4 Å². The predicted molar refractivity (Wildman–Crippen MR) is 103 cm³/mol. The van der Waals surface area contributed by atoms with Crippen LogP contribution in [-0.4, -0.2) is 35.9 Å². The van der Waals surface area contributed by atoms with Crippen molar-refractivity contribution in [1.29, 1.82) is 0 Å². The van der Waals surface area contributed by atoms with Crippen LogP contribution in [0.15, 0.2) is 35.1 Å². The summed E-state index contributed by atoms with van der Waals surface area (Å²) in [5.74, 6) is 0.895. The molecule has 1 aliphatic carbocycles. The molecule has 0 amide bonds. The SMILES string of the molecule is CN=C(NCCCn1cccn1)NCCC1=CCCCC1.I. The van der Waals surface area contributed by atoms with Gasteiger partial charge in [0.25, 0.3) is 0 Å². The summed E-state index contributed by atoms with van der Waals surface area (Å²) >= 11 is 0. The molecule has 22 heavy (non-hydrogen) atoms. The molecule has 0 bridgehead atoms. The standard InChI is InChI=1S/C16H27N5.HI/c1-17-16(18-10-5-13-21-14-6-11-20-21)19-12-9-15-7-3-2-4-8-15;/h6-7,11,14H,2-5,8-10,12-13H2,1H3,(H2,17,18,19);1H. The minimum atomic E-state index is 0. The van der Waals surface area contributed by atoms with Crippen LogP contribution in [-0.2, 0) is 6.54 Å². The molecule has 6 heteroatoms. The molecule has 124 valence electrons. The highest BCUT2D eigenvalue weighted by molar-refractivity contribution is 14.0. The first-order valence-electron chi connectivity index (χ1n) is 7.98. The molecule has 1 aliphatic rings. The number of aryl methyl sites for hydroxylation is 1. The zero-order chi connectivity index (χ0) is 14.8. The molecule has 1 aromatic heterocycles. The lowest BCUT2D eigenvalue weighted by atomic mass is 9.97. The topological polar surface area (TPSA) is 54.2 Å². The first kappa shape index (κ1) is 19.0. The van der Waals surface area contributed by atoms with E-state index < -0.39 is 0 Å². The van der Waals surface area contributed by atoms with Crippen molar-refractivity contribution >= 4 is 29.9 Å². The molecule has 1 heterocycles. The fourth-order valence-electron chi connectivity index (χ4n) is 2.57. The normalized spacial score (nSPS) is 15.0. The number of aromatic nitrogens is 2. The molecule has 0 fully saturated rings. The largest absolute Gasteiger partial charge is 0.356 e. The highest BCUT2D eigenvalue weighted by atomic mass is 127. The third kappa shape index (κ3) is 7.29. The van der Waals surface area contributed by atoms with Crippen molar-refractivity contribution in [2.24, 2.45) is 4.99 Å². The first-order valence-corrected chi connectivity index (χ1v) is 7.98. The van der Waals surface area contributed by atoms with E-state index in [1.807, 2.05) is 30.2 Å². The van der Waals surface area contributed by atoms with Crippen LogP contribution < -0.4 is 10.6 Å². The van der Waals surface area contributed by atoms with Crippen LogP contribution in [0.25, 0.3) is 0 Å². The molecule has 1 aromatic rings. The first-order chi connectivity index (χ1) is 10.4. The van der Waals surface area contributed by atoms with Gasteiger partial charge < -0.3 is 10.6 Å². The Morgan fingerprint density at radius 2 is 2.18 bits per heavy atom. The molecule has 0 aromatic carbocycles. The van der Waals surface area contributed by atoms with Gasteiger partial charge >= 0.3 is 0 Å². The Hall–Kier alpha value is -1.05. The Morgan fingerprint density at radius 3 is 2.86 bits per heavy atom. The van der Waals surface area contributed by atoms with Gasteiger partial charge in [-0.15, -0.1) is 24.0 Å². The van der Waals surface area contributed by atoms with Crippen LogP contribution in [0.1, 0.15) is 38.5 Å². The number of nitrogens with zero attached hydrogens (tertiary/aromatic N) is 3. The molecule has 0 radical (unpaired) electrons. The highest BCUT2D eigenvalue weighted by Crippen LogP contribution is 2.19. The summed E-state index contributed by atoms with van der Waals surface area (Å²) in [7, 11) is 1.82. The Morgan fingerprint density at radius 1 is 1.32 bits per heavy atom.